The molecule has 2 heterocycles. The summed E-state index contributed by atoms with van der Waals surface area (Å²) >= 11 is 0. The molecular formula is C21H27N7O. The van der Waals surface area contributed by atoms with Crippen molar-refractivity contribution in [1.29, 1.82) is 0 Å². The van der Waals surface area contributed by atoms with Crippen LogP contribution in [-0.4, -0.2) is 51.5 Å². The smallest absolute Gasteiger partial charge is 0.253 e. The van der Waals surface area contributed by atoms with Crippen LogP contribution < -0.4 is 10.6 Å². The summed E-state index contributed by atoms with van der Waals surface area (Å²) in [6, 6.07) is 13.5. The Balaban J connectivity index is 1.55. The second kappa shape index (κ2) is 9.68. The highest BCUT2D eigenvalue weighted by Gasteiger charge is 2.12. The zero-order valence-corrected chi connectivity index (χ0v) is 17.1. The number of nitrogens with one attached hydrogen (secondary N) is 2. The van der Waals surface area contributed by atoms with Gasteiger partial charge < -0.3 is 15.5 Å². The largest absolute Gasteiger partial charge is 0.352 e. The van der Waals surface area contributed by atoms with Crippen molar-refractivity contribution in [3.63, 3.8) is 0 Å². The van der Waals surface area contributed by atoms with Gasteiger partial charge in [0.25, 0.3) is 5.91 Å². The van der Waals surface area contributed by atoms with Gasteiger partial charge in [0.15, 0.2) is 17.4 Å². The van der Waals surface area contributed by atoms with Crippen molar-refractivity contribution >= 4 is 17.5 Å². The minimum atomic E-state index is 0.0625. The molecule has 152 valence electrons. The van der Waals surface area contributed by atoms with E-state index in [0.717, 1.165) is 17.0 Å². The highest BCUT2D eigenvalue weighted by molar-refractivity contribution is 5.94. The van der Waals surface area contributed by atoms with Crippen LogP contribution in [0.5, 0.6) is 0 Å². The average Bonchev–Trinajstić information content (AvgIpc) is 3.18. The molecule has 0 atom stereocenters. The van der Waals surface area contributed by atoms with E-state index < -0.39 is 0 Å². The van der Waals surface area contributed by atoms with E-state index in [2.05, 4.69) is 25.8 Å². The Hall–Kier alpha value is -3.42. The minimum absolute atomic E-state index is 0.0625. The molecular weight excluding hydrogens is 366 g/mol. The van der Waals surface area contributed by atoms with E-state index in [1.54, 1.807) is 7.05 Å². The molecule has 0 spiro atoms. The standard InChI is InChI=1S/C21H27N7O/c1-4-27(5-2)20(29)17-11-9-16(10-12-17)14-23-21(22-3)24-15-19-26-25-18-8-6-7-13-28(18)19/h6-13H,4-5,14-15H2,1-3H3,(H2,22,23,24). The summed E-state index contributed by atoms with van der Waals surface area (Å²) in [5.41, 5.74) is 2.59. The number of benzene rings is 1. The monoisotopic (exact) mass is 393 g/mol. The number of guanidine groups is 1. The minimum Gasteiger partial charge on any atom is -0.352 e. The van der Waals surface area contributed by atoms with Gasteiger partial charge in [0.05, 0.1) is 6.54 Å². The molecule has 0 saturated carbocycles. The number of amides is 1. The molecule has 0 saturated heterocycles. The lowest BCUT2D eigenvalue weighted by Gasteiger charge is -2.18. The van der Waals surface area contributed by atoms with Crippen molar-refractivity contribution in [2.75, 3.05) is 20.1 Å². The maximum atomic E-state index is 12.4. The Kier molecular flexibility index (Phi) is 6.78. The second-order valence-electron chi connectivity index (χ2n) is 6.50. The molecule has 1 aromatic carbocycles. The first-order valence-electron chi connectivity index (χ1n) is 9.77. The van der Waals surface area contributed by atoms with Crippen LogP contribution in [0, 0.1) is 0 Å². The van der Waals surface area contributed by atoms with Gasteiger partial charge in [0.1, 0.15) is 0 Å². The zero-order valence-electron chi connectivity index (χ0n) is 17.1. The Morgan fingerprint density at radius 2 is 1.76 bits per heavy atom. The number of carbonyl (C=O) groups is 1. The van der Waals surface area contributed by atoms with Crippen LogP contribution in [0.1, 0.15) is 35.6 Å². The van der Waals surface area contributed by atoms with Crippen LogP contribution in [0.4, 0.5) is 0 Å². The van der Waals surface area contributed by atoms with Crippen LogP contribution in [0.15, 0.2) is 53.7 Å². The predicted octanol–water partition coefficient (Wildman–Crippen LogP) is 2.08. The molecule has 0 unspecified atom stereocenters. The first kappa shape index (κ1) is 20.3. The van der Waals surface area contributed by atoms with E-state index in [1.165, 1.54) is 0 Å². The van der Waals surface area contributed by atoms with E-state index >= 15 is 0 Å². The number of hydrogen-bond donors (Lipinski definition) is 2. The van der Waals surface area contributed by atoms with E-state index in [9.17, 15) is 4.79 Å². The van der Waals surface area contributed by atoms with Gasteiger partial charge in [0, 0.05) is 38.4 Å². The molecule has 0 aliphatic carbocycles. The third kappa shape index (κ3) is 4.90. The molecule has 0 radical (unpaired) electrons. The van der Waals surface area contributed by atoms with E-state index in [0.29, 0.717) is 37.7 Å². The molecule has 3 aromatic rings. The fourth-order valence-electron chi connectivity index (χ4n) is 3.04. The maximum absolute atomic E-state index is 12.4. The number of hydrogen-bond acceptors (Lipinski definition) is 4. The number of carbonyl (C=O) groups excluding carboxylic acids is 1. The fourth-order valence-corrected chi connectivity index (χ4v) is 3.04. The van der Waals surface area contributed by atoms with Gasteiger partial charge in [-0.15, -0.1) is 10.2 Å². The molecule has 8 nitrogen and oxygen atoms in total. The lowest BCUT2D eigenvalue weighted by atomic mass is 10.1. The molecule has 1 amide bonds. The number of fused-ring (bicyclic) bond motifs is 1. The van der Waals surface area contributed by atoms with E-state index in [-0.39, 0.29) is 5.91 Å². The van der Waals surface area contributed by atoms with Crippen molar-refractivity contribution < 1.29 is 4.79 Å². The van der Waals surface area contributed by atoms with Crippen molar-refractivity contribution in [1.82, 2.24) is 30.1 Å². The van der Waals surface area contributed by atoms with Gasteiger partial charge in [0.2, 0.25) is 0 Å². The van der Waals surface area contributed by atoms with E-state index in [1.807, 2.05) is 71.8 Å². The first-order chi connectivity index (χ1) is 14.2. The molecule has 8 heteroatoms. The van der Waals surface area contributed by atoms with Crippen molar-refractivity contribution in [3.05, 3.63) is 65.6 Å². The zero-order chi connectivity index (χ0) is 20.6. The summed E-state index contributed by atoms with van der Waals surface area (Å²) in [4.78, 5) is 18.5. The molecule has 0 bridgehead atoms. The lowest BCUT2D eigenvalue weighted by molar-refractivity contribution is 0.0773. The number of nitrogens with zero attached hydrogens (tertiary/aromatic N) is 5. The first-order valence-corrected chi connectivity index (χ1v) is 9.77. The number of rotatable bonds is 7. The van der Waals surface area contributed by atoms with Gasteiger partial charge in [-0.1, -0.05) is 18.2 Å². The summed E-state index contributed by atoms with van der Waals surface area (Å²) < 4.78 is 1.94. The molecule has 2 aromatic heterocycles. The molecule has 0 aliphatic heterocycles. The highest BCUT2D eigenvalue weighted by atomic mass is 16.2. The third-order valence-corrected chi connectivity index (χ3v) is 4.73. The quantitative estimate of drug-likeness (QED) is 0.474. The summed E-state index contributed by atoms with van der Waals surface area (Å²) in [6.07, 6.45) is 1.93. The topological polar surface area (TPSA) is 86.9 Å². The van der Waals surface area contributed by atoms with Crippen molar-refractivity contribution in [3.8, 4) is 0 Å². The SMILES string of the molecule is CCN(CC)C(=O)c1ccc(CNC(=NC)NCc2nnc3ccccn23)cc1. The Bertz CT molecular complexity index is 974. The van der Waals surface area contributed by atoms with Crippen LogP contribution in [0.25, 0.3) is 5.65 Å². The lowest BCUT2D eigenvalue weighted by Crippen LogP contribution is -2.36. The molecule has 0 fully saturated rings. The summed E-state index contributed by atoms with van der Waals surface area (Å²) in [6.45, 7) is 6.49. The van der Waals surface area contributed by atoms with Crippen LogP contribution in [-0.2, 0) is 13.1 Å². The molecule has 29 heavy (non-hydrogen) atoms. The van der Waals surface area contributed by atoms with Gasteiger partial charge >= 0.3 is 0 Å². The average molecular weight is 393 g/mol. The van der Waals surface area contributed by atoms with Gasteiger partial charge in [-0.25, -0.2) is 0 Å². The van der Waals surface area contributed by atoms with Gasteiger partial charge in [-0.05, 0) is 43.7 Å². The maximum Gasteiger partial charge on any atom is 0.253 e. The summed E-state index contributed by atoms with van der Waals surface area (Å²) in [5, 5.41) is 14.9. The number of aromatic nitrogens is 3. The summed E-state index contributed by atoms with van der Waals surface area (Å²) in [5.74, 6) is 1.54. The summed E-state index contributed by atoms with van der Waals surface area (Å²) in [7, 11) is 1.73. The molecule has 3 rings (SSSR count). The van der Waals surface area contributed by atoms with Gasteiger partial charge in [-0.2, -0.15) is 0 Å². The number of pyridine rings is 1. The highest BCUT2D eigenvalue weighted by Crippen LogP contribution is 2.08. The Morgan fingerprint density at radius 1 is 1.03 bits per heavy atom. The van der Waals surface area contributed by atoms with Crippen molar-refractivity contribution in [2.24, 2.45) is 4.99 Å². The molecule has 2 N–H and O–H groups in total. The second-order valence-corrected chi connectivity index (χ2v) is 6.50. The third-order valence-electron chi connectivity index (χ3n) is 4.73. The Labute approximate surface area is 170 Å². The van der Waals surface area contributed by atoms with Crippen LogP contribution in [0.3, 0.4) is 0 Å². The number of aliphatic imine (C=N–C) groups is 1. The Morgan fingerprint density at radius 3 is 2.45 bits per heavy atom. The normalized spacial score (nSPS) is 11.5. The fraction of sp³-hybridized carbons (Fsp3) is 0.333. The molecule has 0 aliphatic rings. The van der Waals surface area contributed by atoms with E-state index in [4.69, 9.17) is 0 Å². The van der Waals surface area contributed by atoms with Crippen LogP contribution >= 0.6 is 0 Å². The predicted molar refractivity (Wildman–Crippen MR) is 114 cm³/mol. The van der Waals surface area contributed by atoms with Crippen molar-refractivity contribution in [2.45, 2.75) is 26.9 Å². The van der Waals surface area contributed by atoms with Gasteiger partial charge in [-0.3, -0.25) is 14.2 Å². The van der Waals surface area contributed by atoms with Crippen LogP contribution in [0.2, 0.25) is 0 Å².